The van der Waals surface area contributed by atoms with Crippen LogP contribution in [0.5, 0.6) is 0 Å². The third kappa shape index (κ3) is 4.31. The molecule has 1 N–H and O–H groups in total. The second-order valence-corrected chi connectivity index (χ2v) is 15.2. The third-order valence-corrected chi connectivity index (χ3v) is 12.8. The van der Waals surface area contributed by atoms with Crippen LogP contribution in [0.15, 0.2) is 58.5 Å². The highest BCUT2D eigenvalue weighted by atomic mass is 32.2. The van der Waals surface area contributed by atoms with E-state index in [0.717, 1.165) is 67.1 Å². The summed E-state index contributed by atoms with van der Waals surface area (Å²) in [7, 11) is 0. The lowest BCUT2D eigenvalue weighted by Crippen LogP contribution is -2.62. The van der Waals surface area contributed by atoms with Gasteiger partial charge in [0.05, 0.1) is 48.0 Å². The zero-order chi connectivity index (χ0) is 31.8. The molecule has 7 unspecified atom stereocenters. The number of aromatic nitrogens is 3. The molecule has 5 aliphatic rings. The summed E-state index contributed by atoms with van der Waals surface area (Å²) in [5, 5.41) is 26.2. The van der Waals surface area contributed by atoms with Crippen molar-refractivity contribution in [3.8, 4) is 11.8 Å². The molecule has 10 heteroatoms. The second-order valence-electron chi connectivity index (χ2n) is 14.2. The molecule has 4 fully saturated rings. The molecular formula is C36H37FN4O4S. The number of thioether (sulfide) groups is 1. The summed E-state index contributed by atoms with van der Waals surface area (Å²) in [5.74, 6) is 1.20. The van der Waals surface area contributed by atoms with E-state index < -0.39 is 23.1 Å². The topological polar surface area (TPSA) is 114 Å². The van der Waals surface area contributed by atoms with E-state index in [1.165, 1.54) is 17.8 Å². The van der Waals surface area contributed by atoms with Gasteiger partial charge >= 0.3 is 0 Å². The van der Waals surface area contributed by atoms with Crippen molar-refractivity contribution >= 4 is 28.7 Å². The maximum Gasteiger partial charge on any atom is 0.234 e. The maximum absolute atomic E-state index is 14.3. The average Bonchev–Trinajstić information content (AvgIpc) is 3.43. The van der Waals surface area contributed by atoms with E-state index in [2.05, 4.69) is 36.1 Å². The van der Waals surface area contributed by atoms with E-state index in [1.807, 2.05) is 23.0 Å². The fourth-order valence-electron chi connectivity index (χ4n) is 9.80. The molecule has 0 radical (unpaired) electrons. The molecule has 0 bridgehead atoms. The monoisotopic (exact) mass is 640 g/mol. The summed E-state index contributed by atoms with van der Waals surface area (Å²) < 4.78 is 28.2. The Labute approximate surface area is 271 Å². The van der Waals surface area contributed by atoms with Crippen molar-refractivity contribution in [2.24, 2.45) is 28.6 Å². The maximum atomic E-state index is 14.3. The zero-order valence-corrected chi connectivity index (χ0v) is 26.9. The molecule has 0 amide bonds. The number of hydrogen-bond donors (Lipinski definition) is 1. The summed E-state index contributed by atoms with van der Waals surface area (Å²) in [4.78, 5) is 18.1. The lowest BCUT2D eigenvalue weighted by Gasteiger charge is -2.60. The Bertz CT molecular complexity index is 1800. The van der Waals surface area contributed by atoms with E-state index >= 15 is 0 Å². The zero-order valence-electron chi connectivity index (χ0n) is 26.0. The number of rotatable bonds is 6. The first-order valence-corrected chi connectivity index (χ1v) is 17.2. The molecule has 0 aromatic carbocycles. The van der Waals surface area contributed by atoms with Crippen LogP contribution >= 0.6 is 11.8 Å². The summed E-state index contributed by atoms with van der Waals surface area (Å²) in [6.45, 7) is 4.44. The molecule has 8 nitrogen and oxygen atoms in total. The molecule has 0 aliphatic heterocycles. The Morgan fingerprint density at radius 1 is 1.24 bits per heavy atom. The summed E-state index contributed by atoms with van der Waals surface area (Å²) in [6.07, 6.45) is 12.8. The molecule has 3 aromatic rings. The largest absolute Gasteiger partial charge is 0.474 e. The minimum Gasteiger partial charge on any atom is -0.474 e. The molecule has 0 saturated heterocycles. The van der Waals surface area contributed by atoms with Crippen LogP contribution in [0.4, 0.5) is 4.39 Å². The van der Waals surface area contributed by atoms with Crippen molar-refractivity contribution in [2.75, 3.05) is 5.75 Å². The Morgan fingerprint density at radius 3 is 2.80 bits per heavy atom. The van der Waals surface area contributed by atoms with Gasteiger partial charge in [-0.25, -0.2) is 9.67 Å². The quantitative estimate of drug-likeness (QED) is 0.229. The van der Waals surface area contributed by atoms with Gasteiger partial charge in [0.25, 0.3) is 0 Å². The molecule has 4 saturated carbocycles. The fraction of sp³-hybridized carbons (Fsp3) is 0.500. The van der Waals surface area contributed by atoms with Crippen LogP contribution in [0.1, 0.15) is 75.8 Å². The summed E-state index contributed by atoms with van der Waals surface area (Å²) in [5.41, 5.74) is 3.17. The molecule has 46 heavy (non-hydrogen) atoms. The highest BCUT2D eigenvalue weighted by Gasteiger charge is 2.70. The first-order chi connectivity index (χ1) is 22.2. The standard InChI is InChI=1S/C36H37FN4O4S/c1-34-17-22-19-40-41(24-8-10-30(37)39-20-24)27(22)16-23(34)7-9-25-26-11-12-36(33(43)46-15-13-38,35(26,2)18-28(42)31(25)34)45-32(21-5-6-21)29-4-3-14-44-29/h3-4,8,10,14,16,19-20,25-26,28,31,42H,5-7,9,11-12,15,17-18H2,1-2H3. The minimum atomic E-state index is -1.18. The number of carbonyl (C=O) groups is 1. The van der Waals surface area contributed by atoms with Crippen molar-refractivity contribution in [2.45, 2.75) is 76.9 Å². The predicted octanol–water partition coefficient (Wildman–Crippen LogP) is 6.90. The van der Waals surface area contributed by atoms with Crippen LogP contribution in [0.2, 0.25) is 0 Å². The number of furan rings is 1. The fourth-order valence-corrected chi connectivity index (χ4v) is 10.6. The molecule has 3 aromatic heterocycles. The Morgan fingerprint density at radius 2 is 2.09 bits per heavy atom. The van der Waals surface area contributed by atoms with Crippen molar-refractivity contribution in [1.29, 1.82) is 5.26 Å². The Balaban J connectivity index is 1.15. The number of carbonyl (C=O) groups excluding carboxylic acids is 1. The number of ether oxygens (including phenoxy) is 1. The van der Waals surface area contributed by atoms with E-state index in [1.54, 1.807) is 12.3 Å². The van der Waals surface area contributed by atoms with Crippen LogP contribution in [-0.4, -0.2) is 42.4 Å². The lowest BCUT2D eigenvalue weighted by molar-refractivity contribution is -0.172. The third-order valence-electron chi connectivity index (χ3n) is 11.9. The van der Waals surface area contributed by atoms with Crippen molar-refractivity contribution in [3.63, 3.8) is 0 Å². The Kier molecular flexibility index (Phi) is 6.89. The van der Waals surface area contributed by atoms with Gasteiger partial charge in [-0.3, -0.25) is 4.79 Å². The van der Waals surface area contributed by atoms with Gasteiger partial charge < -0.3 is 14.3 Å². The van der Waals surface area contributed by atoms with Crippen LogP contribution < -0.4 is 0 Å². The second kappa shape index (κ2) is 10.7. The van der Waals surface area contributed by atoms with Gasteiger partial charge in [-0.15, -0.1) is 0 Å². The molecule has 8 rings (SSSR count). The van der Waals surface area contributed by atoms with Gasteiger partial charge in [-0.2, -0.15) is 14.8 Å². The van der Waals surface area contributed by atoms with Gasteiger partial charge in [0, 0.05) is 5.41 Å². The van der Waals surface area contributed by atoms with E-state index in [-0.39, 0.29) is 34.0 Å². The summed E-state index contributed by atoms with van der Waals surface area (Å²) >= 11 is 1.04. The van der Waals surface area contributed by atoms with Gasteiger partial charge in [-0.05, 0) is 116 Å². The van der Waals surface area contributed by atoms with Crippen molar-refractivity contribution in [3.05, 3.63) is 77.0 Å². The predicted molar refractivity (Wildman–Crippen MR) is 171 cm³/mol. The van der Waals surface area contributed by atoms with Crippen LogP contribution in [0.25, 0.3) is 17.5 Å². The number of fused-ring (bicyclic) bond motifs is 6. The van der Waals surface area contributed by atoms with Gasteiger partial charge in [-0.1, -0.05) is 31.2 Å². The first-order valence-electron chi connectivity index (χ1n) is 16.3. The van der Waals surface area contributed by atoms with Gasteiger partial charge in [0.2, 0.25) is 11.1 Å². The van der Waals surface area contributed by atoms with Gasteiger partial charge in [0.15, 0.2) is 17.1 Å². The molecule has 0 spiro atoms. The lowest BCUT2D eigenvalue weighted by atomic mass is 9.45. The molecule has 5 aliphatic carbocycles. The van der Waals surface area contributed by atoms with Crippen molar-refractivity contribution < 1.29 is 23.4 Å². The van der Waals surface area contributed by atoms with E-state index in [0.29, 0.717) is 30.0 Å². The van der Waals surface area contributed by atoms with Crippen LogP contribution in [0, 0.1) is 45.9 Å². The molecular weight excluding hydrogens is 603 g/mol. The van der Waals surface area contributed by atoms with Crippen LogP contribution in [0.3, 0.4) is 0 Å². The Hall–Kier alpha value is -3.68. The number of aliphatic hydroxyl groups is 1. The highest BCUT2D eigenvalue weighted by Crippen LogP contribution is 2.69. The van der Waals surface area contributed by atoms with Crippen molar-refractivity contribution in [1.82, 2.24) is 14.8 Å². The smallest absolute Gasteiger partial charge is 0.234 e. The number of allylic oxidation sites excluding steroid dienone is 2. The van der Waals surface area contributed by atoms with E-state index in [4.69, 9.17) is 9.15 Å². The number of halogens is 1. The van der Waals surface area contributed by atoms with Gasteiger partial charge in [0.1, 0.15) is 0 Å². The number of pyridine rings is 1. The number of hydrogen-bond acceptors (Lipinski definition) is 8. The molecule has 238 valence electrons. The minimum absolute atomic E-state index is 0.0126. The number of nitrogens with zero attached hydrogens (tertiary/aromatic N) is 4. The van der Waals surface area contributed by atoms with Crippen LogP contribution in [-0.2, 0) is 16.0 Å². The normalized spacial score (nSPS) is 34.0. The highest BCUT2D eigenvalue weighted by molar-refractivity contribution is 8.14. The average molecular weight is 641 g/mol. The number of nitriles is 1. The number of aliphatic hydroxyl groups excluding tert-OH is 1. The van der Waals surface area contributed by atoms with E-state index in [9.17, 15) is 19.6 Å². The first kappa shape index (κ1) is 29.7. The molecule has 7 atom stereocenters. The SMILES string of the molecule is CC12Cc3cnn(-c4ccc(F)nc4)c3C=C1CCC1C2C(O)CC2(C)C1CCC2(OC(=C1CC1)c1ccco1)C(=O)SCC#N. The molecule has 3 heterocycles. The summed E-state index contributed by atoms with van der Waals surface area (Å²) in [6, 6.07) is 8.87.